The highest BCUT2D eigenvalue weighted by Crippen LogP contribution is 2.45. The van der Waals surface area contributed by atoms with Gasteiger partial charge in [0, 0.05) is 10.5 Å². The van der Waals surface area contributed by atoms with Gasteiger partial charge < -0.3 is 5.11 Å². The van der Waals surface area contributed by atoms with Gasteiger partial charge in [0.05, 0.1) is 4.90 Å². The lowest BCUT2D eigenvalue weighted by atomic mass is 9.81. The summed E-state index contributed by atoms with van der Waals surface area (Å²) in [5, 5.41) is 10.4. The first-order valence-corrected chi connectivity index (χ1v) is 11.0. The molecule has 0 bridgehead atoms. The largest absolute Gasteiger partial charge is 0.508 e. The summed E-state index contributed by atoms with van der Waals surface area (Å²) in [5.41, 5.74) is -0.279. The smallest absolute Gasteiger partial charge is 0.300 e. The molecule has 0 aliphatic carbocycles. The van der Waals surface area contributed by atoms with E-state index in [-0.39, 0.29) is 10.6 Å². The van der Waals surface area contributed by atoms with E-state index >= 15 is 0 Å². The molecule has 0 aliphatic heterocycles. The Morgan fingerprint density at radius 1 is 0.800 bits per heavy atom. The zero-order chi connectivity index (χ0) is 23.4. The fraction of sp³-hybridized carbons (Fsp3) is 0.400. The second-order valence-electron chi connectivity index (χ2n) is 8.86. The first-order valence-electron chi connectivity index (χ1n) is 8.76. The van der Waals surface area contributed by atoms with Crippen LogP contribution in [0.3, 0.4) is 0 Å². The predicted molar refractivity (Wildman–Crippen MR) is 106 cm³/mol. The number of rotatable bonds is 3. The van der Waals surface area contributed by atoms with Crippen LogP contribution in [0.15, 0.2) is 26.8 Å². The van der Waals surface area contributed by atoms with Crippen molar-refractivity contribution in [3.8, 4) is 5.75 Å². The highest BCUT2D eigenvalue weighted by molar-refractivity contribution is 7.99. The Labute approximate surface area is 177 Å². The van der Waals surface area contributed by atoms with Gasteiger partial charge in [-0.2, -0.15) is 8.42 Å². The third-order valence-electron chi connectivity index (χ3n) is 4.37. The molecule has 0 spiro atoms. The van der Waals surface area contributed by atoms with E-state index in [2.05, 4.69) is 0 Å². The summed E-state index contributed by atoms with van der Waals surface area (Å²) in [5.74, 6) is -8.37. The van der Waals surface area contributed by atoms with Crippen LogP contribution in [-0.2, 0) is 20.9 Å². The van der Waals surface area contributed by atoms with Crippen LogP contribution in [0, 0.1) is 23.3 Å². The van der Waals surface area contributed by atoms with Gasteiger partial charge in [-0.3, -0.25) is 4.55 Å². The minimum Gasteiger partial charge on any atom is -0.508 e. The molecular formula is C20H22F4O4S2. The summed E-state index contributed by atoms with van der Waals surface area (Å²) in [7, 11) is -5.53. The molecule has 0 saturated heterocycles. The van der Waals surface area contributed by atoms with Gasteiger partial charge in [0.1, 0.15) is 5.75 Å². The van der Waals surface area contributed by atoms with Crippen LogP contribution in [0.1, 0.15) is 52.7 Å². The minimum atomic E-state index is -5.53. The molecule has 0 radical (unpaired) electrons. The number of hydrogen-bond acceptors (Lipinski definition) is 4. The number of phenols is 1. The number of benzene rings is 2. The average Bonchev–Trinajstić information content (AvgIpc) is 2.54. The fourth-order valence-corrected chi connectivity index (χ4v) is 4.72. The Morgan fingerprint density at radius 2 is 1.23 bits per heavy atom. The molecule has 0 amide bonds. The molecule has 0 fully saturated rings. The zero-order valence-electron chi connectivity index (χ0n) is 17.2. The van der Waals surface area contributed by atoms with E-state index in [1.54, 1.807) is 41.5 Å². The van der Waals surface area contributed by atoms with Crippen LogP contribution in [0.5, 0.6) is 5.75 Å². The van der Waals surface area contributed by atoms with Gasteiger partial charge >= 0.3 is 10.1 Å². The summed E-state index contributed by atoms with van der Waals surface area (Å²) in [6, 6.07) is 2.91. The maximum Gasteiger partial charge on any atom is 0.300 e. The average molecular weight is 467 g/mol. The number of aromatic hydroxyl groups is 1. The van der Waals surface area contributed by atoms with E-state index in [4.69, 9.17) is 4.55 Å². The molecule has 0 saturated carbocycles. The van der Waals surface area contributed by atoms with E-state index in [1.165, 1.54) is 12.1 Å². The lowest BCUT2D eigenvalue weighted by Crippen LogP contribution is -2.17. The van der Waals surface area contributed by atoms with Crippen molar-refractivity contribution in [3.05, 3.63) is 46.5 Å². The Balaban J connectivity index is 2.83. The molecule has 0 heterocycles. The van der Waals surface area contributed by atoms with Crippen molar-refractivity contribution in [1.82, 2.24) is 0 Å². The van der Waals surface area contributed by atoms with Crippen molar-refractivity contribution in [2.75, 3.05) is 0 Å². The van der Waals surface area contributed by atoms with E-state index in [1.807, 2.05) is 0 Å². The standard InChI is InChI=1S/C20H22F4O4S2/c1-19(2,3)9-8-12(10(7-11(9)25)20(4,5)6)29-17-13(21)15(23)18(30(26,27)28)16(24)14(17)22/h7-8,25H,1-6H3,(H,26,27,28). The molecule has 166 valence electrons. The topological polar surface area (TPSA) is 74.6 Å². The van der Waals surface area contributed by atoms with Crippen LogP contribution in [-0.4, -0.2) is 18.1 Å². The molecule has 2 aromatic rings. The number of halogens is 4. The van der Waals surface area contributed by atoms with Gasteiger partial charge in [-0.05, 0) is 28.5 Å². The van der Waals surface area contributed by atoms with E-state index in [0.717, 1.165) is 0 Å². The van der Waals surface area contributed by atoms with Crippen molar-refractivity contribution in [2.24, 2.45) is 0 Å². The van der Waals surface area contributed by atoms with Crippen molar-refractivity contribution in [3.63, 3.8) is 0 Å². The monoisotopic (exact) mass is 466 g/mol. The van der Waals surface area contributed by atoms with E-state index < -0.39 is 54.0 Å². The first kappa shape index (κ1) is 24.5. The third kappa shape index (κ3) is 4.60. The maximum atomic E-state index is 14.5. The van der Waals surface area contributed by atoms with Gasteiger partial charge in [0.25, 0.3) is 0 Å². The first-order chi connectivity index (χ1) is 13.4. The quantitative estimate of drug-likeness (QED) is 0.333. The summed E-state index contributed by atoms with van der Waals surface area (Å²) in [4.78, 5) is -2.96. The van der Waals surface area contributed by atoms with E-state index in [0.29, 0.717) is 22.9 Å². The van der Waals surface area contributed by atoms with Crippen LogP contribution in [0.4, 0.5) is 17.6 Å². The summed E-state index contributed by atoms with van der Waals surface area (Å²) < 4.78 is 88.6. The normalized spacial score (nSPS) is 13.0. The highest BCUT2D eigenvalue weighted by Gasteiger charge is 2.34. The number of hydrogen-bond donors (Lipinski definition) is 2. The number of phenolic OH excluding ortho intramolecular Hbond substituents is 1. The second-order valence-corrected chi connectivity index (χ2v) is 11.3. The van der Waals surface area contributed by atoms with Crippen molar-refractivity contribution >= 4 is 21.9 Å². The molecule has 2 rings (SSSR count). The zero-order valence-corrected chi connectivity index (χ0v) is 18.8. The predicted octanol–water partition coefficient (Wildman–Crippen LogP) is 5.94. The molecule has 2 aromatic carbocycles. The Kier molecular flexibility index (Phi) is 6.31. The molecular weight excluding hydrogens is 444 g/mol. The van der Waals surface area contributed by atoms with E-state index in [9.17, 15) is 31.1 Å². The maximum absolute atomic E-state index is 14.5. The van der Waals surface area contributed by atoms with Gasteiger partial charge in [-0.25, -0.2) is 17.6 Å². The Morgan fingerprint density at radius 3 is 1.60 bits per heavy atom. The fourth-order valence-electron chi connectivity index (χ4n) is 2.86. The lowest BCUT2D eigenvalue weighted by Gasteiger charge is -2.27. The van der Waals surface area contributed by atoms with Crippen LogP contribution < -0.4 is 0 Å². The van der Waals surface area contributed by atoms with Gasteiger partial charge in [0.15, 0.2) is 28.2 Å². The molecule has 4 nitrogen and oxygen atoms in total. The summed E-state index contributed by atoms with van der Waals surface area (Å²) >= 11 is 0.363. The second kappa shape index (κ2) is 7.72. The molecule has 2 N–H and O–H groups in total. The lowest BCUT2D eigenvalue weighted by molar-refractivity contribution is 0.384. The van der Waals surface area contributed by atoms with Crippen molar-refractivity contribution < 1.29 is 35.6 Å². The highest BCUT2D eigenvalue weighted by atomic mass is 32.2. The third-order valence-corrected chi connectivity index (χ3v) is 6.36. The van der Waals surface area contributed by atoms with Crippen LogP contribution in [0.2, 0.25) is 0 Å². The van der Waals surface area contributed by atoms with Gasteiger partial charge in [-0.1, -0.05) is 53.3 Å². The molecule has 30 heavy (non-hydrogen) atoms. The molecule has 0 aromatic heterocycles. The van der Waals surface area contributed by atoms with Crippen LogP contribution in [0.25, 0.3) is 0 Å². The Bertz CT molecular complexity index is 1090. The summed E-state index contributed by atoms with van der Waals surface area (Å²) in [6.07, 6.45) is 0. The van der Waals surface area contributed by atoms with Crippen LogP contribution >= 0.6 is 11.8 Å². The summed E-state index contributed by atoms with van der Waals surface area (Å²) in [6.45, 7) is 10.7. The molecule has 0 atom stereocenters. The molecule has 0 aliphatic rings. The molecule has 10 heteroatoms. The van der Waals surface area contributed by atoms with Gasteiger partial charge in [0.2, 0.25) is 0 Å². The molecule has 0 unspecified atom stereocenters. The SMILES string of the molecule is CC(C)(C)c1cc(Sc2c(F)c(F)c(S(=O)(=O)O)c(F)c2F)c(C(C)(C)C)cc1O. The van der Waals surface area contributed by atoms with Crippen molar-refractivity contribution in [2.45, 2.75) is 67.1 Å². The van der Waals surface area contributed by atoms with Gasteiger partial charge in [-0.15, -0.1) is 0 Å². The van der Waals surface area contributed by atoms with Crippen molar-refractivity contribution in [1.29, 1.82) is 0 Å². The minimum absolute atomic E-state index is 0.0446. The Hall–Kier alpha value is -1.78.